The number of hydrogen-bond acceptors (Lipinski definition) is 3. The van der Waals surface area contributed by atoms with E-state index in [1.807, 2.05) is 0 Å². The minimum Gasteiger partial charge on any atom is -0.406 e. The maximum atomic E-state index is 13.8. The Balaban J connectivity index is 1.67. The van der Waals surface area contributed by atoms with Crippen molar-refractivity contribution in [1.29, 1.82) is 0 Å². The van der Waals surface area contributed by atoms with Crippen LogP contribution in [0.4, 0.5) is 29.2 Å². The van der Waals surface area contributed by atoms with Gasteiger partial charge in [-0.3, -0.25) is 4.79 Å². The Bertz CT molecular complexity index is 1140. The number of aromatic nitrogens is 2. The van der Waals surface area contributed by atoms with Crippen LogP contribution in [0.15, 0.2) is 48.8 Å². The van der Waals surface area contributed by atoms with Crippen LogP contribution < -0.4 is 9.64 Å². The minimum absolute atomic E-state index is 0.153. The van der Waals surface area contributed by atoms with Crippen molar-refractivity contribution in [2.75, 3.05) is 4.90 Å². The van der Waals surface area contributed by atoms with Gasteiger partial charge in [0.25, 0.3) is 5.91 Å². The molecule has 1 atom stereocenters. The molecule has 0 aliphatic carbocycles. The highest BCUT2D eigenvalue weighted by molar-refractivity contribution is 6.35. The highest BCUT2D eigenvalue weighted by atomic mass is 35.5. The number of anilines is 2. The maximum Gasteiger partial charge on any atom is 0.573 e. The average molecular weight is 474 g/mol. The van der Waals surface area contributed by atoms with E-state index < -0.39 is 17.7 Å². The third kappa shape index (κ3) is 3.83. The number of carbonyl (C=O) groups excluding carboxylic acids is 1. The van der Waals surface area contributed by atoms with E-state index in [4.69, 9.17) is 23.2 Å². The summed E-state index contributed by atoms with van der Waals surface area (Å²) in [6.45, 7) is 1.67. The molecule has 0 N–H and O–H groups in total. The smallest absolute Gasteiger partial charge is 0.406 e. The normalized spacial score (nSPS) is 18.4. The molecule has 31 heavy (non-hydrogen) atoms. The van der Waals surface area contributed by atoms with Crippen molar-refractivity contribution in [3.63, 3.8) is 0 Å². The lowest BCUT2D eigenvalue weighted by atomic mass is 9.92. The quantitative estimate of drug-likeness (QED) is 0.352. The van der Waals surface area contributed by atoms with E-state index in [2.05, 4.69) is 9.72 Å². The summed E-state index contributed by atoms with van der Waals surface area (Å²) in [5.74, 6) is -1.26. The van der Waals surface area contributed by atoms with Gasteiger partial charge in [-0.1, -0.05) is 35.3 Å². The van der Waals surface area contributed by atoms with E-state index in [1.54, 1.807) is 17.7 Å². The van der Waals surface area contributed by atoms with Gasteiger partial charge in [-0.2, -0.15) is 0 Å². The van der Waals surface area contributed by atoms with Gasteiger partial charge in [0.1, 0.15) is 11.3 Å². The van der Waals surface area contributed by atoms with Crippen molar-refractivity contribution >= 4 is 40.7 Å². The van der Waals surface area contributed by atoms with Crippen LogP contribution in [0.5, 0.6) is 5.75 Å². The van der Waals surface area contributed by atoms with Crippen molar-refractivity contribution in [2.24, 2.45) is 0 Å². The van der Waals surface area contributed by atoms with Gasteiger partial charge in [0.05, 0.1) is 15.7 Å². The van der Waals surface area contributed by atoms with Crippen LogP contribution >= 0.6 is 23.2 Å². The Labute approximate surface area is 183 Å². The summed E-state index contributed by atoms with van der Waals surface area (Å²) < 4.78 is 56.5. The molecule has 0 saturated carbocycles. The molecule has 1 aromatic heterocycles. The molecule has 2 heterocycles. The number of ether oxygens (including phenoxy) is 1. The summed E-state index contributed by atoms with van der Waals surface area (Å²) >= 11 is 11.8. The molecule has 0 spiro atoms. The fourth-order valence-corrected chi connectivity index (χ4v) is 4.03. The van der Waals surface area contributed by atoms with Gasteiger partial charge >= 0.3 is 6.36 Å². The molecule has 0 unspecified atom stereocenters. The van der Waals surface area contributed by atoms with Crippen molar-refractivity contribution in [2.45, 2.75) is 25.2 Å². The number of imidazole rings is 1. The third-order valence-corrected chi connectivity index (χ3v) is 5.50. The zero-order valence-electron chi connectivity index (χ0n) is 15.8. The average Bonchev–Trinajstić information content (AvgIpc) is 3.23. The van der Waals surface area contributed by atoms with Crippen molar-refractivity contribution in [3.05, 3.63) is 70.2 Å². The summed E-state index contributed by atoms with van der Waals surface area (Å²) in [4.78, 5) is 18.9. The molecule has 5 nitrogen and oxygen atoms in total. The lowest BCUT2D eigenvalue weighted by Gasteiger charge is -2.25. The topological polar surface area (TPSA) is 47.4 Å². The van der Waals surface area contributed by atoms with E-state index in [9.17, 15) is 22.4 Å². The van der Waals surface area contributed by atoms with Gasteiger partial charge in [-0.05, 0) is 36.8 Å². The van der Waals surface area contributed by atoms with Crippen LogP contribution in [0.3, 0.4) is 0 Å². The number of amides is 1. The van der Waals surface area contributed by atoms with Crippen molar-refractivity contribution in [1.82, 2.24) is 9.55 Å². The van der Waals surface area contributed by atoms with E-state index >= 15 is 0 Å². The zero-order valence-corrected chi connectivity index (χ0v) is 17.3. The van der Waals surface area contributed by atoms with E-state index in [-0.39, 0.29) is 39.8 Å². The van der Waals surface area contributed by atoms with E-state index in [0.29, 0.717) is 5.56 Å². The van der Waals surface area contributed by atoms with Gasteiger partial charge in [0.15, 0.2) is 5.82 Å². The molecule has 1 amide bonds. The monoisotopic (exact) mass is 473 g/mol. The molecule has 11 heteroatoms. The largest absolute Gasteiger partial charge is 0.573 e. The number of fused-ring (bicyclic) bond motifs is 1. The van der Waals surface area contributed by atoms with Crippen LogP contribution in [0.25, 0.3) is 0 Å². The Morgan fingerprint density at radius 3 is 2.32 bits per heavy atom. The Kier molecular flexibility index (Phi) is 5.13. The lowest BCUT2D eigenvalue weighted by Crippen LogP contribution is -2.40. The van der Waals surface area contributed by atoms with Crippen molar-refractivity contribution < 1.29 is 27.1 Å². The second kappa shape index (κ2) is 7.42. The first kappa shape index (κ1) is 21.5. The van der Waals surface area contributed by atoms with Crippen LogP contribution in [0.1, 0.15) is 12.5 Å². The van der Waals surface area contributed by atoms with Gasteiger partial charge < -0.3 is 9.30 Å². The van der Waals surface area contributed by atoms with Crippen LogP contribution in [0, 0.1) is 5.82 Å². The fourth-order valence-electron chi connectivity index (χ4n) is 3.55. The molecule has 0 saturated heterocycles. The molecule has 162 valence electrons. The SMILES string of the molecule is C[C@@]1(Cc2ccc(OC(F)(F)F)cc2)C(=O)N(c2cc(Cl)c(F)c(Cl)c2)c2nccn21. The van der Waals surface area contributed by atoms with Gasteiger partial charge in [-0.25, -0.2) is 14.3 Å². The zero-order chi connectivity index (χ0) is 22.6. The molecule has 3 aromatic rings. The molecule has 0 fully saturated rings. The second-order valence-corrected chi connectivity index (χ2v) is 7.92. The number of carbonyl (C=O) groups is 1. The first-order valence-electron chi connectivity index (χ1n) is 8.87. The number of benzene rings is 2. The molecule has 2 aromatic carbocycles. The van der Waals surface area contributed by atoms with E-state index in [0.717, 1.165) is 0 Å². The molecule has 1 aliphatic rings. The van der Waals surface area contributed by atoms with Gasteiger partial charge in [0, 0.05) is 18.8 Å². The molecular weight excluding hydrogens is 461 g/mol. The Morgan fingerprint density at radius 1 is 1.13 bits per heavy atom. The predicted molar refractivity (Wildman–Crippen MR) is 106 cm³/mol. The predicted octanol–water partition coefficient (Wildman–Crippen LogP) is 5.86. The Morgan fingerprint density at radius 2 is 1.74 bits per heavy atom. The molecular formula is C20H13Cl2F4N3O2. The summed E-state index contributed by atoms with van der Waals surface area (Å²) in [5, 5.41) is -0.496. The number of rotatable bonds is 4. The molecule has 0 bridgehead atoms. The fraction of sp³-hybridized carbons (Fsp3) is 0.200. The van der Waals surface area contributed by atoms with Crippen LogP contribution in [-0.4, -0.2) is 21.8 Å². The highest BCUT2D eigenvalue weighted by Crippen LogP contribution is 2.42. The van der Waals surface area contributed by atoms with Crippen molar-refractivity contribution in [3.8, 4) is 5.75 Å². The first-order chi connectivity index (χ1) is 14.5. The van der Waals surface area contributed by atoms with Gasteiger partial charge in [-0.15, -0.1) is 13.2 Å². The summed E-state index contributed by atoms with van der Waals surface area (Å²) in [6.07, 6.45) is -1.53. The number of halogens is 6. The number of alkyl halides is 3. The summed E-state index contributed by atoms with van der Waals surface area (Å²) in [6, 6.07) is 7.80. The molecule has 0 radical (unpaired) electrons. The van der Waals surface area contributed by atoms with E-state index in [1.165, 1.54) is 47.5 Å². The summed E-state index contributed by atoms with van der Waals surface area (Å²) in [5.41, 5.74) is -0.306. The standard InChI is InChI=1S/C20H13Cl2F4N3O2/c1-19(10-11-2-4-13(5-3-11)31-20(24,25)26)17(30)29(18-27-6-7-28(18)19)12-8-14(21)16(23)15(22)9-12/h2-9H,10H2,1H3/t19-/m1/s1. The molecule has 1 aliphatic heterocycles. The van der Waals surface area contributed by atoms with Crippen LogP contribution in [0.2, 0.25) is 10.0 Å². The summed E-state index contributed by atoms with van der Waals surface area (Å²) in [7, 11) is 0. The third-order valence-electron chi connectivity index (χ3n) is 4.95. The Hall–Kier alpha value is -2.78. The first-order valence-corrected chi connectivity index (χ1v) is 9.63. The highest BCUT2D eigenvalue weighted by Gasteiger charge is 2.48. The maximum absolute atomic E-state index is 13.8. The molecule has 4 rings (SSSR count). The van der Waals surface area contributed by atoms with Crippen LogP contribution in [-0.2, 0) is 16.8 Å². The number of nitrogens with zero attached hydrogens (tertiary/aromatic N) is 3. The lowest BCUT2D eigenvalue weighted by molar-refractivity contribution is -0.274. The number of hydrogen-bond donors (Lipinski definition) is 0. The van der Waals surface area contributed by atoms with Gasteiger partial charge in [0.2, 0.25) is 5.95 Å². The minimum atomic E-state index is -4.79. The second-order valence-electron chi connectivity index (χ2n) is 7.10.